The number of halogens is 2. The average molecular weight is 365 g/mol. The van der Waals surface area contributed by atoms with Gasteiger partial charge in [0.2, 0.25) is 5.91 Å². The molecule has 1 rings (SSSR count). The number of rotatable bonds is 8. The number of amides is 1. The molecule has 3 N–H and O–H groups in total. The molecule has 0 fully saturated rings. The Morgan fingerprint density at radius 2 is 2.04 bits per heavy atom. The normalized spacial score (nSPS) is 18.0. The number of Topliss-reactive ketones (excluding diaryl/α,β-unsaturated/α-hetero) is 1. The second-order valence-electron chi connectivity index (χ2n) is 4.94. The van der Waals surface area contributed by atoms with Crippen LogP contribution in [0.25, 0.3) is 0 Å². The zero-order chi connectivity index (χ0) is 22.1. The molecular formula is C15H20BCl2NO4. The Labute approximate surface area is 153 Å². The monoisotopic (exact) mass is 364 g/mol. The van der Waals surface area contributed by atoms with Crippen molar-refractivity contribution in [2.24, 2.45) is 5.92 Å². The Bertz CT molecular complexity index is 766. The van der Waals surface area contributed by atoms with Crippen LogP contribution in [0.5, 0.6) is 0 Å². The molecular weight excluding hydrogens is 340 g/mol. The van der Waals surface area contributed by atoms with Crippen molar-refractivity contribution in [3.05, 3.63) is 33.8 Å². The van der Waals surface area contributed by atoms with Gasteiger partial charge >= 0.3 is 7.12 Å². The van der Waals surface area contributed by atoms with Gasteiger partial charge in [-0.15, -0.1) is 0 Å². The van der Waals surface area contributed by atoms with Crippen molar-refractivity contribution in [3.63, 3.8) is 0 Å². The predicted octanol–water partition coefficient (Wildman–Crippen LogP) is 2.50. The van der Waals surface area contributed by atoms with Crippen molar-refractivity contribution in [3.8, 4) is 0 Å². The van der Waals surface area contributed by atoms with Gasteiger partial charge in [-0.2, -0.15) is 0 Å². The lowest BCUT2D eigenvalue weighted by atomic mass is 9.75. The highest BCUT2D eigenvalue weighted by Gasteiger charge is 2.26. The molecule has 0 aromatic heterocycles. The highest BCUT2D eigenvalue weighted by Crippen LogP contribution is 2.22. The van der Waals surface area contributed by atoms with E-state index < -0.39 is 49.8 Å². The van der Waals surface area contributed by atoms with Gasteiger partial charge < -0.3 is 15.4 Å². The molecule has 1 atom stereocenters. The first kappa shape index (κ1) is 13.2. The molecule has 0 aliphatic heterocycles. The van der Waals surface area contributed by atoms with Crippen LogP contribution in [0.2, 0.25) is 10.0 Å². The minimum atomic E-state index is -2.97. The van der Waals surface area contributed by atoms with E-state index in [1.807, 2.05) is 0 Å². The first-order chi connectivity index (χ1) is 12.6. The van der Waals surface area contributed by atoms with Gasteiger partial charge in [0.05, 0.1) is 10.9 Å². The minimum Gasteiger partial charge on any atom is -0.426 e. The Kier molecular flexibility index (Phi) is 5.34. The van der Waals surface area contributed by atoms with E-state index in [-0.39, 0.29) is 15.6 Å². The fourth-order valence-corrected chi connectivity index (χ4v) is 2.01. The van der Waals surface area contributed by atoms with E-state index >= 15 is 0 Å². The number of ketones is 1. The average Bonchev–Trinajstić information content (AvgIpc) is 2.55. The third-order valence-corrected chi connectivity index (χ3v) is 3.15. The molecule has 5 nitrogen and oxygen atoms in total. The summed E-state index contributed by atoms with van der Waals surface area (Å²) in [6.45, 7) is 2.72. The van der Waals surface area contributed by atoms with Gasteiger partial charge in [-0.1, -0.05) is 37.0 Å². The molecule has 0 aliphatic carbocycles. The van der Waals surface area contributed by atoms with Crippen molar-refractivity contribution in [2.75, 3.05) is 0 Å². The molecule has 8 heteroatoms. The summed E-state index contributed by atoms with van der Waals surface area (Å²) in [6, 6.07) is 3.97. The molecule has 0 saturated heterocycles. The van der Waals surface area contributed by atoms with Crippen LogP contribution in [0.3, 0.4) is 0 Å². The van der Waals surface area contributed by atoms with E-state index in [2.05, 4.69) is 0 Å². The van der Waals surface area contributed by atoms with E-state index in [4.69, 9.17) is 30.1 Å². The van der Waals surface area contributed by atoms with Crippen LogP contribution in [0, 0.1) is 5.92 Å². The smallest absolute Gasteiger partial charge is 0.426 e. The molecule has 23 heavy (non-hydrogen) atoms. The highest BCUT2D eigenvalue weighted by molar-refractivity contribution is 6.43. The Morgan fingerprint density at radius 3 is 2.61 bits per heavy atom. The summed E-state index contributed by atoms with van der Waals surface area (Å²) in [5.41, 5.74) is -0.109. The first-order valence-electron chi connectivity index (χ1n) is 9.23. The zero-order valence-corrected chi connectivity index (χ0v) is 14.1. The van der Waals surface area contributed by atoms with Crippen molar-refractivity contribution in [1.82, 2.24) is 5.32 Å². The maximum absolute atomic E-state index is 12.4. The Hall–Kier alpha value is -1.08. The van der Waals surface area contributed by atoms with E-state index in [9.17, 15) is 19.6 Å². The summed E-state index contributed by atoms with van der Waals surface area (Å²) in [5, 5.41) is 20.9. The maximum Gasteiger partial charge on any atom is 0.475 e. The molecule has 0 bridgehead atoms. The molecule has 0 aliphatic rings. The van der Waals surface area contributed by atoms with Gasteiger partial charge in [-0.25, -0.2) is 0 Å². The van der Waals surface area contributed by atoms with Gasteiger partial charge in [0.1, 0.15) is 0 Å². The molecule has 1 amide bonds. The maximum atomic E-state index is 12.4. The lowest BCUT2D eigenvalue weighted by Gasteiger charge is -2.19. The molecule has 126 valence electrons. The largest absolute Gasteiger partial charge is 0.475 e. The lowest BCUT2D eigenvalue weighted by Crippen LogP contribution is -2.47. The van der Waals surface area contributed by atoms with E-state index in [0.717, 1.165) is 0 Å². The topological polar surface area (TPSA) is 86.6 Å². The fraction of sp³-hybridized carbons (Fsp3) is 0.467. The van der Waals surface area contributed by atoms with Crippen LogP contribution < -0.4 is 5.32 Å². The Morgan fingerprint density at radius 1 is 1.39 bits per heavy atom. The van der Waals surface area contributed by atoms with Crippen molar-refractivity contribution in [2.45, 2.75) is 38.9 Å². The van der Waals surface area contributed by atoms with Gasteiger partial charge in [0.15, 0.2) is 5.78 Å². The van der Waals surface area contributed by atoms with Crippen LogP contribution in [-0.2, 0) is 4.79 Å². The van der Waals surface area contributed by atoms with Crippen molar-refractivity contribution >= 4 is 42.0 Å². The molecule has 0 spiro atoms. The fourth-order valence-electron chi connectivity index (χ4n) is 1.62. The highest BCUT2D eigenvalue weighted by atomic mass is 35.5. The van der Waals surface area contributed by atoms with E-state index in [0.29, 0.717) is 0 Å². The van der Waals surface area contributed by atoms with Gasteiger partial charge in [0, 0.05) is 30.2 Å². The molecule has 0 saturated carbocycles. The summed E-state index contributed by atoms with van der Waals surface area (Å²) >= 11 is 11.7. The molecule has 1 aromatic rings. The molecule has 0 radical (unpaired) electrons. The molecule has 0 heterocycles. The van der Waals surface area contributed by atoms with Crippen molar-refractivity contribution < 1.29 is 26.5 Å². The van der Waals surface area contributed by atoms with Gasteiger partial charge in [0.25, 0.3) is 0 Å². The molecule has 0 unspecified atom stereocenters. The number of hydrogen-bond donors (Lipinski definition) is 3. The van der Waals surface area contributed by atoms with Gasteiger partial charge in [-0.05, 0) is 30.5 Å². The predicted molar refractivity (Wildman–Crippen MR) is 91.6 cm³/mol. The Balaban J connectivity index is 3.11. The summed E-state index contributed by atoms with van der Waals surface area (Å²) in [7, 11) is -2.65. The lowest BCUT2D eigenvalue weighted by molar-refractivity contribution is -0.121. The zero-order valence-electron chi connectivity index (χ0n) is 17.6. The second-order valence-corrected chi connectivity index (χ2v) is 5.79. The second kappa shape index (κ2) is 9.28. The quantitative estimate of drug-likeness (QED) is 0.488. The van der Waals surface area contributed by atoms with Crippen molar-refractivity contribution in [1.29, 1.82) is 0 Å². The van der Waals surface area contributed by atoms with Gasteiger partial charge in [-0.3, -0.25) is 9.59 Å². The van der Waals surface area contributed by atoms with E-state index in [1.54, 1.807) is 5.32 Å². The summed E-state index contributed by atoms with van der Waals surface area (Å²) in [6.07, 6.45) is -6.51. The molecule has 1 aromatic carbocycles. The number of nitrogens with one attached hydrogen (secondary N) is 1. The van der Waals surface area contributed by atoms with Crippen LogP contribution in [0.1, 0.15) is 50.2 Å². The van der Waals surface area contributed by atoms with Crippen LogP contribution in [0.15, 0.2) is 18.2 Å². The minimum absolute atomic E-state index is 0.00219. The number of carbonyl (C=O) groups is 2. The number of carbonyl (C=O) groups excluding carboxylic acids is 2. The summed E-state index contributed by atoms with van der Waals surface area (Å²) < 4.78 is 39.6. The summed E-state index contributed by atoms with van der Waals surface area (Å²) in [4.78, 5) is 24.7. The van der Waals surface area contributed by atoms with Crippen LogP contribution >= 0.6 is 23.2 Å². The number of hydrogen-bond acceptors (Lipinski definition) is 4. The standard InChI is InChI=1S/C15H20BCl2NO4/c1-9(2)7-14(16(22)23)19-15(21)6-5-13(20)11-8-10(17)3-4-12(11)18/h3-4,8-9,14,22-23H,5-7H2,1-2H3,(H,19,21)/t14-/m1/s1/i6D2,7D2,14D. The van der Waals surface area contributed by atoms with E-state index in [1.165, 1.54) is 32.0 Å². The SMILES string of the molecule is [2H]C([2H])(CC(=O)c1cc(Cl)ccc1Cl)C(=O)N[C@@]([2H])(B(O)O)C([2H])([2H])C(C)C. The first-order valence-corrected chi connectivity index (χ1v) is 7.49. The number of benzene rings is 1. The van der Waals surface area contributed by atoms with Crippen LogP contribution in [0.4, 0.5) is 0 Å². The third kappa shape index (κ3) is 6.91. The third-order valence-electron chi connectivity index (χ3n) is 2.59. The summed E-state index contributed by atoms with van der Waals surface area (Å²) in [5.74, 6) is -6.29. The van der Waals surface area contributed by atoms with Crippen LogP contribution in [-0.4, -0.2) is 34.8 Å².